The predicted octanol–water partition coefficient (Wildman–Crippen LogP) is 3.45. The van der Waals surface area contributed by atoms with E-state index in [1.165, 1.54) is 4.90 Å². The van der Waals surface area contributed by atoms with Crippen LogP contribution >= 0.6 is 11.6 Å². The third kappa shape index (κ3) is 5.57. The Labute approximate surface area is 165 Å². The minimum absolute atomic E-state index is 0.0394. The van der Waals surface area contributed by atoms with Crippen molar-refractivity contribution in [2.24, 2.45) is 5.92 Å². The zero-order valence-electron chi connectivity index (χ0n) is 16.5. The number of aromatic nitrogens is 2. The zero-order chi connectivity index (χ0) is 20.1. The molecule has 0 atom stereocenters. The Balaban J connectivity index is 1.98. The lowest BCUT2D eigenvalue weighted by molar-refractivity contribution is -0.132. The number of benzene rings is 1. The lowest BCUT2D eigenvalue weighted by Gasteiger charge is -2.17. The van der Waals surface area contributed by atoms with Crippen LogP contribution in [0.4, 0.5) is 5.69 Å². The summed E-state index contributed by atoms with van der Waals surface area (Å²) in [6.45, 7) is 8.93. The molecule has 0 aliphatic carbocycles. The van der Waals surface area contributed by atoms with Gasteiger partial charge in [-0.3, -0.25) is 14.3 Å². The average Bonchev–Trinajstić information content (AvgIpc) is 2.83. The maximum Gasteiger partial charge on any atom is 0.244 e. The lowest BCUT2D eigenvalue weighted by Crippen LogP contribution is -2.36. The van der Waals surface area contributed by atoms with E-state index >= 15 is 0 Å². The van der Waals surface area contributed by atoms with Gasteiger partial charge in [-0.15, -0.1) is 0 Å². The Kier molecular flexibility index (Phi) is 7.02. The highest BCUT2D eigenvalue weighted by Gasteiger charge is 2.19. The van der Waals surface area contributed by atoms with E-state index in [9.17, 15) is 9.59 Å². The number of hydrogen-bond donors (Lipinski definition) is 1. The van der Waals surface area contributed by atoms with Gasteiger partial charge in [-0.2, -0.15) is 5.10 Å². The van der Waals surface area contributed by atoms with E-state index in [4.69, 9.17) is 11.6 Å². The molecule has 27 heavy (non-hydrogen) atoms. The second kappa shape index (κ2) is 9.04. The Bertz CT molecular complexity index is 829. The number of rotatable bonds is 7. The lowest BCUT2D eigenvalue weighted by atomic mass is 10.1. The largest absolute Gasteiger partial charge is 0.336 e. The zero-order valence-corrected chi connectivity index (χ0v) is 17.3. The number of carbonyl (C=O) groups excluding carboxylic acids is 2. The molecule has 2 rings (SSSR count). The standard InChI is InChI=1S/C20H27ClN4O2/c1-13(2)11-25-15(4)16(14(3)23-25)10-20(27)24(5)12-19(26)22-18-9-7-6-8-17(18)21/h6-9,13H,10-12H2,1-5H3,(H,22,26). The minimum Gasteiger partial charge on any atom is -0.336 e. The molecule has 2 amide bonds. The molecule has 0 aliphatic rings. The van der Waals surface area contributed by atoms with Gasteiger partial charge in [-0.25, -0.2) is 0 Å². The Morgan fingerprint density at radius 2 is 1.93 bits per heavy atom. The molecule has 1 aromatic heterocycles. The molecule has 1 aromatic carbocycles. The van der Waals surface area contributed by atoms with Gasteiger partial charge < -0.3 is 10.2 Å². The molecule has 0 unspecified atom stereocenters. The summed E-state index contributed by atoms with van der Waals surface area (Å²) < 4.78 is 1.95. The number of carbonyl (C=O) groups is 2. The molecule has 0 saturated heterocycles. The van der Waals surface area contributed by atoms with E-state index in [2.05, 4.69) is 24.3 Å². The van der Waals surface area contributed by atoms with Gasteiger partial charge in [0.2, 0.25) is 11.8 Å². The normalized spacial score (nSPS) is 10.9. The van der Waals surface area contributed by atoms with Gasteiger partial charge in [0.15, 0.2) is 0 Å². The second-order valence-corrected chi connectivity index (χ2v) is 7.59. The molecule has 7 heteroatoms. The molecule has 1 heterocycles. The van der Waals surface area contributed by atoms with E-state index in [0.717, 1.165) is 23.5 Å². The van der Waals surface area contributed by atoms with Crippen molar-refractivity contribution >= 4 is 29.1 Å². The van der Waals surface area contributed by atoms with E-state index < -0.39 is 0 Å². The number of aryl methyl sites for hydroxylation is 1. The Hall–Kier alpha value is -2.34. The molecule has 1 N–H and O–H groups in total. The van der Waals surface area contributed by atoms with Crippen LogP contribution in [0.3, 0.4) is 0 Å². The summed E-state index contributed by atoms with van der Waals surface area (Å²) in [5.41, 5.74) is 3.32. The Morgan fingerprint density at radius 3 is 2.56 bits per heavy atom. The third-order valence-electron chi connectivity index (χ3n) is 4.35. The molecule has 6 nitrogen and oxygen atoms in total. The fraction of sp³-hybridized carbons (Fsp3) is 0.450. The van der Waals surface area contributed by atoms with Gasteiger partial charge in [0.25, 0.3) is 0 Å². The fourth-order valence-corrected chi connectivity index (χ4v) is 3.04. The summed E-state index contributed by atoms with van der Waals surface area (Å²) in [4.78, 5) is 26.2. The van der Waals surface area contributed by atoms with Crippen molar-refractivity contribution in [1.82, 2.24) is 14.7 Å². The van der Waals surface area contributed by atoms with Gasteiger partial charge >= 0.3 is 0 Å². The van der Waals surface area contributed by atoms with Crippen molar-refractivity contribution in [2.45, 2.75) is 40.7 Å². The highest BCUT2D eigenvalue weighted by molar-refractivity contribution is 6.33. The fourth-order valence-electron chi connectivity index (χ4n) is 2.86. The van der Waals surface area contributed by atoms with Gasteiger partial charge in [0.1, 0.15) is 0 Å². The molecule has 0 fully saturated rings. The SMILES string of the molecule is Cc1nn(CC(C)C)c(C)c1CC(=O)N(C)CC(=O)Nc1ccccc1Cl. The van der Waals surface area contributed by atoms with Crippen molar-refractivity contribution in [3.05, 3.63) is 46.2 Å². The number of nitrogens with one attached hydrogen (secondary N) is 1. The molecule has 0 aliphatic heterocycles. The number of anilines is 1. The smallest absolute Gasteiger partial charge is 0.244 e. The first-order chi connectivity index (χ1) is 12.7. The van der Waals surface area contributed by atoms with Crippen LogP contribution in [0, 0.1) is 19.8 Å². The topological polar surface area (TPSA) is 67.2 Å². The first-order valence-corrected chi connectivity index (χ1v) is 9.38. The van der Waals surface area contributed by atoms with Crippen molar-refractivity contribution in [3.8, 4) is 0 Å². The molecule has 0 radical (unpaired) electrons. The molecule has 0 saturated carbocycles. The van der Waals surface area contributed by atoms with E-state index in [1.807, 2.05) is 18.5 Å². The van der Waals surface area contributed by atoms with Gasteiger partial charge in [0, 0.05) is 24.8 Å². The van der Waals surface area contributed by atoms with Crippen LogP contribution in [-0.2, 0) is 22.6 Å². The number of likely N-dealkylation sites (N-methyl/N-ethyl adjacent to an activating group) is 1. The summed E-state index contributed by atoms with van der Waals surface area (Å²) >= 11 is 6.04. The first kappa shape index (κ1) is 21.0. The maximum absolute atomic E-state index is 12.6. The van der Waals surface area contributed by atoms with Crippen LogP contribution in [0.15, 0.2) is 24.3 Å². The van der Waals surface area contributed by atoms with Crippen molar-refractivity contribution in [2.75, 3.05) is 18.9 Å². The average molecular weight is 391 g/mol. The van der Waals surface area contributed by atoms with Gasteiger partial charge in [-0.05, 0) is 31.9 Å². The van der Waals surface area contributed by atoms with E-state index in [-0.39, 0.29) is 24.8 Å². The van der Waals surface area contributed by atoms with Gasteiger partial charge in [0.05, 0.1) is 29.4 Å². The van der Waals surface area contributed by atoms with Crippen molar-refractivity contribution in [1.29, 1.82) is 0 Å². The number of amides is 2. The van der Waals surface area contributed by atoms with Crippen LogP contribution in [-0.4, -0.2) is 40.1 Å². The van der Waals surface area contributed by atoms with E-state index in [1.54, 1.807) is 31.3 Å². The summed E-state index contributed by atoms with van der Waals surface area (Å²) in [5, 5.41) is 7.73. The van der Waals surface area contributed by atoms with Gasteiger partial charge in [-0.1, -0.05) is 37.6 Å². The minimum atomic E-state index is -0.289. The van der Waals surface area contributed by atoms with Crippen molar-refractivity contribution < 1.29 is 9.59 Å². The molecule has 146 valence electrons. The number of para-hydroxylation sites is 1. The number of hydrogen-bond acceptors (Lipinski definition) is 3. The third-order valence-corrected chi connectivity index (χ3v) is 4.68. The second-order valence-electron chi connectivity index (χ2n) is 7.18. The Morgan fingerprint density at radius 1 is 1.26 bits per heavy atom. The van der Waals surface area contributed by atoms with Crippen LogP contribution in [0.1, 0.15) is 30.8 Å². The summed E-state index contributed by atoms with van der Waals surface area (Å²) in [5.74, 6) is 0.0604. The molecular formula is C20H27ClN4O2. The quantitative estimate of drug-likeness (QED) is 0.787. The molecule has 0 bridgehead atoms. The molecule has 2 aromatic rings. The van der Waals surface area contributed by atoms with Crippen LogP contribution in [0.5, 0.6) is 0 Å². The number of halogens is 1. The molecule has 0 spiro atoms. The van der Waals surface area contributed by atoms with Crippen LogP contribution in [0.2, 0.25) is 5.02 Å². The summed E-state index contributed by atoms with van der Waals surface area (Å²) in [6.07, 6.45) is 0.228. The highest BCUT2D eigenvalue weighted by Crippen LogP contribution is 2.20. The van der Waals surface area contributed by atoms with Crippen LogP contribution < -0.4 is 5.32 Å². The van der Waals surface area contributed by atoms with E-state index in [0.29, 0.717) is 16.6 Å². The highest BCUT2D eigenvalue weighted by atomic mass is 35.5. The molecular weight excluding hydrogens is 364 g/mol. The number of nitrogens with zero attached hydrogens (tertiary/aromatic N) is 3. The summed E-state index contributed by atoms with van der Waals surface area (Å²) in [7, 11) is 1.62. The maximum atomic E-state index is 12.6. The first-order valence-electron chi connectivity index (χ1n) is 9.00. The predicted molar refractivity (Wildman–Crippen MR) is 108 cm³/mol. The van der Waals surface area contributed by atoms with Crippen LogP contribution in [0.25, 0.3) is 0 Å². The monoisotopic (exact) mass is 390 g/mol. The summed E-state index contributed by atoms with van der Waals surface area (Å²) in [6, 6.07) is 7.00. The van der Waals surface area contributed by atoms with Crippen molar-refractivity contribution in [3.63, 3.8) is 0 Å².